The maximum absolute atomic E-state index is 9.62. The van der Waals surface area contributed by atoms with Crippen molar-refractivity contribution in [2.24, 2.45) is 0 Å². The first-order chi connectivity index (χ1) is 8.79. The number of halogens is 1. The van der Waals surface area contributed by atoms with Crippen molar-refractivity contribution in [2.45, 2.75) is 25.5 Å². The van der Waals surface area contributed by atoms with Crippen LogP contribution in [-0.2, 0) is 4.74 Å². The second-order valence-electron chi connectivity index (χ2n) is 4.93. The molecule has 1 fully saturated rings. The van der Waals surface area contributed by atoms with Gasteiger partial charge in [0.2, 0.25) is 0 Å². The molecule has 19 heavy (non-hydrogen) atoms. The van der Waals surface area contributed by atoms with E-state index < -0.39 is 0 Å². The van der Waals surface area contributed by atoms with Crippen LogP contribution in [0, 0.1) is 0 Å². The molecule has 1 aromatic carbocycles. The summed E-state index contributed by atoms with van der Waals surface area (Å²) in [6, 6.07) is 5.52. The van der Waals surface area contributed by atoms with Gasteiger partial charge in [-0.05, 0) is 31.2 Å². The lowest BCUT2D eigenvalue weighted by Gasteiger charge is -2.44. The minimum Gasteiger partial charge on any atom is -0.508 e. The van der Waals surface area contributed by atoms with Gasteiger partial charge in [-0.25, -0.2) is 0 Å². The molecule has 5 heteroatoms. The molecule has 106 valence electrons. The van der Waals surface area contributed by atoms with E-state index in [0.717, 1.165) is 37.4 Å². The van der Waals surface area contributed by atoms with Crippen LogP contribution in [0.5, 0.6) is 11.5 Å². The van der Waals surface area contributed by atoms with Gasteiger partial charge in [-0.3, -0.25) is 4.90 Å². The van der Waals surface area contributed by atoms with Gasteiger partial charge in [0, 0.05) is 12.1 Å². The summed E-state index contributed by atoms with van der Waals surface area (Å²) in [4.78, 5) is 2.43. The molecule has 2 aliphatic heterocycles. The van der Waals surface area contributed by atoms with Crippen LogP contribution in [0.3, 0.4) is 0 Å². The number of ether oxygens (including phenoxy) is 2. The van der Waals surface area contributed by atoms with Crippen LogP contribution in [0.2, 0.25) is 0 Å². The molecular formula is C14H20ClNO3. The third kappa shape index (κ3) is 2.66. The van der Waals surface area contributed by atoms with Crippen LogP contribution in [-0.4, -0.2) is 42.4 Å². The van der Waals surface area contributed by atoms with Gasteiger partial charge in [0.05, 0.1) is 12.6 Å². The van der Waals surface area contributed by atoms with Crippen LogP contribution in [0.4, 0.5) is 0 Å². The third-order valence-electron chi connectivity index (χ3n) is 3.71. The fraction of sp³-hybridized carbons (Fsp3) is 0.571. The first-order valence-electron chi connectivity index (χ1n) is 6.61. The summed E-state index contributed by atoms with van der Waals surface area (Å²) < 4.78 is 11.7. The molecule has 0 aliphatic carbocycles. The SMILES string of the molecule is CCCN1CCOC2c3cc(O)ccc3OCC21.Cl. The maximum Gasteiger partial charge on any atom is 0.125 e. The summed E-state index contributed by atoms with van der Waals surface area (Å²) in [5.41, 5.74) is 0.979. The van der Waals surface area contributed by atoms with Crippen LogP contribution < -0.4 is 4.74 Å². The standard InChI is InChI=1S/C14H19NO3.ClH/c1-2-5-15-6-7-17-14-11-8-10(16)3-4-13(11)18-9-12(14)15;/h3-4,8,12,14,16H,2,5-7,9H2,1H3;1H. The van der Waals surface area contributed by atoms with Gasteiger partial charge in [0.1, 0.15) is 24.2 Å². The fourth-order valence-corrected chi connectivity index (χ4v) is 2.88. The fourth-order valence-electron chi connectivity index (χ4n) is 2.88. The Bertz CT molecular complexity index is 439. The third-order valence-corrected chi connectivity index (χ3v) is 3.71. The summed E-state index contributed by atoms with van der Waals surface area (Å²) in [6.07, 6.45) is 1.16. The van der Waals surface area contributed by atoms with Gasteiger partial charge in [-0.2, -0.15) is 0 Å². The quantitative estimate of drug-likeness (QED) is 0.906. The van der Waals surface area contributed by atoms with E-state index in [1.807, 2.05) is 6.07 Å². The van der Waals surface area contributed by atoms with Crippen LogP contribution in [0.15, 0.2) is 18.2 Å². The Morgan fingerprint density at radius 3 is 3.05 bits per heavy atom. The van der Waals surface area contributed by atoms with Gasteiger partial charge in [0.25, 0.3) is 0 Å². The van der Waals surface area contributed by atoms with E-state index in [4.69, 9.17) is 9.47 Å². The zero-order chi connectivity index (χ0) is 12.5. The molecule has 3 rings (SSSR count). The molecule has 2 heterocycles. The number of nitrogens with zero attached hydrogens (tertiary/aromatic N) is 1. The lowest BCUT2D eigenvalue weighted by molar-refractivity contribution is -0.0956. The van der Waals surface area contributed by atoms with E-state index in [9.17, 15) is 5.11 Å². The number of morpholine rings is 1. The van der Waals surface area contributed by atoms with Gasteiger partial charge >= 0.3 is 0 Å². The second-order valence-corrected chi connectivity index (χ2v) is 4.93. The minimum absolute atomic E-state index is 0. The zero-order valence-corrected chi connectivity index (χ0v) is 11.9. The Labute approximate surface area is 119 Å². The predicted octanol–water partition coefficient (Wildman–Crippen LogP) is 2.36. The molecule has 2 unspecified atom stereocenters. The van der Waals surface area contributed by atoms with E-state index in [-0.39, 0.29) is 30.3 Å². The summed E-state index contributed by atoms with van der Waals surface area (Å²) in [5, 5.41) is 9.62. The summed E-state index contributed by atoms with van der Waals surface area (Å²) in [7, 11) is 0. The highest BCUT2D eigenvalue weighted by Crippen LogP contribution is 2.40. The Hall–Kier alpha value is -0.970. The monoisotopic (exact) mass is 285 g/mol. The largest absolute Gasteiger partial charge is 0.508 e. The van der Waals surface area contributed by atoms with E-state index in [0.29, 0.717) is 6.61 Å². The molecule has 0 amide bonds. The van der Waals surface area contributed by atoms with Crippen molar-refractivity contribution in [3.63, 3.8) is 0 Å². The molecule has 0 spiro atoms. The zero-order valence-electron chi connectivity index (χ0n) is 11.0. The lowest BCUT2D eigenvalue weighted by atomic mass is 9.96. The molecule has 0 bridgehead atoms. The topological polar surface area (TPSA) is 41.9 Å². The van der Waals surface area contributed by atoms with Gasteiger partial charge < -0.3 is 14.6 Å². The summed E-state index contributed by atoms with van der Waals surface area (Å²) in [6.45, 7) is 5.64. The number of hydrogen-bond acceptors (Lipinski definition) is 4. The lowest BCUT2D eigenvalue weighted by Crippen LogP contribution is -2.52. The van der Waals surface area contributed by atoms with Crippen LogP contribution >= 0.6 is 12.4 Å². The molecule has 2 atom stereocenters. The highest BCUT2D eigenvalue weighted by molar-refractivity contribution is 5.85. The van der Waals surface area contributed by atoms with E-state index in [1.54, 1.807) is 12.1 Å². The van der Waals surface area contributed by atoms with Crippen molar-refractivity contribution in [3.05, 3.63) is 23.8 Å². The predicted molar refractivity (Wildman–Crippen MR) is 75.2 cm³/mol. The van der Waals surface area contributed by atoms with Crippen molar-refractivity contribution in [1.82, 2.24) is 4.90 Å². The number of phenolic OH excluding ortho intramolecular Hbond substituents is 1. The van der Waals surface area contributed by atoms with Gasteiger partial charge in [0.15, 0.2) is 0 Å². The maximum atomic E-state index is 9.62. The molecular weight excluding hydrogens is 266 g/mol. The molecule has 1 saturated heterocycles. The molecule has 2 aliphatic rings. The molecule has 1 N–H and O–H groups in total. The Kier molecular flexibility index (Phi) is 4.55. The van der Waals surface area contributed by atoms with Crippen molar-refractivity contribution in [1.29, 1.82) is 0 Å². The highest BCUT2D eigenvalue weighted by Gasteiger charge is 2.38. The average molecular weight is 286 g/mol. The minimum atomic E-state index is 0. The second kappa shape index (κ2) is 5.99. The van der Waals surface area contributed by atoms with Gasteiger partial charge in [-0.15, -0.1) is 12.4 Å². The first kappa shape index (κ1) is 14.4. The normalized spacial score (nSPS) is 25.7. The number of fused-ring (bicyclic) bond motifs is 3. The number of phenols is 1. The Morgan fingerprint density at radius 2 is 2.26 bits per heavy atom. The van der Waals surface area contributed by atoms with Crippen LogP contribution in [0.25, 0.3) is 0 Å². The number of rotatable bonds is 2. The summed E-state index contributed by atoms with van der Waals surface area (Å²) in [5.74, 6) is 1.11. The van der Waals surface area contributed by atoms with Gasteiger partial charge in [-0.1, -0.05) is 6.92 Å². The molecule has 0 saturated carbocycles. The average Bonchev–Trinajstić information content (AvgIpc) is 2.39. The van der Waals surface area contributed by atoms with Crippen molar-refractivity contribution in [3.8, 4) is 11.5 Å². The Morgan fingerprint density at radius 1 is 1.42 bits per heavy atom. The number of hydrogen-bond donors (Lipinski definition) is 1. The van der Waals surface area contributed by atoms with Crippen molar-refractivity contribution < 1.29 is 14.6 Å². The Balaban J connectivity index is 0.00000133. The molecule has 1 aromatic rings. The molecule has 0 radical (unpaired) electrons. The van der Waals surface area contributed by atoms with Crippen molar-refractivity contribution >= 4 is 12.4 Å². The highest BCUT2D eigenvalue weighted by atomic mass is 35.5. The number of benzene rings is 1. The first-order valence-corrected chi connectivity index (χ1v) is 6.61. The van der Waals surface area contributed by atoms with Crippen LogP contribution in [0.1, 0.15) is 25.0 Å². The molecule has 4 nitrogen and oxygen atoms in total. The van der Waals surface area contributed by atoms with E-state index >= 15 is 0 Å². The van der Waals surface area contributed by atoms with Crippen molar-refractivity contribution in [2.75, 3.05) is 26.3 Å². The van der Waals surface area contributed by atoms with E-state index in [2.05, 4.69) is 11.8 Å². The smallest absolute Gasteiger partial charge is 0.125 e. The summed E-state index contributed by atoms with van der Waals surface area (Å²) >= 11 is 0. The number of aromatic hydroxyl groups is 1. The molecule has 0 aromatic heterocycles. The van der Waals surface area contributed by atoms with E-state index in [1.165, 1.54) is 0 Å².